The molecule has 0 aliphatic carbocycles. The molecule has 116 valence electrons. The van der Waals surface area contributed by atoms with Crippen LogP contribution in [-0.2, 0) is 23.9 Å². The number of carboxylic acids is 1. The van der Waals surface area contributed by atoms with Crippen molar-refractivity contribution in [3.63, 3.8) is 0 Å². The molecule has 6 N–H and O–H groups in total. The van der Waals surface area contributed by atoms with E-state index in [9.17, 15) is 14.4 Å². The monoisotopic (exact) mass is 291 g/mol. The van der Waals surface area contributed by atoms with Crippen LogP contribution in [0.1, 0.15) is 12.8 Å². The normalized spacial score (nSPS) is 11.8. The zero-order chi connectivity index (χ0) is 15.4. The molecule has 0 aliphatic rings. The molecule has 0 spiro atoms. The van der Waals surface area contributed by atoms with Crippen molar-refractivity contribution in [3.8, 4) is 0 Å². The Morgan fingerprint density at radius 2 is 1.80 bits per heavy atom. The summed E-state index contributed by atoms with van der Waals surface area (Å²) >= 11 is 0. The van der Waals surface area contributed by atoms with Crippen molar-refractivity contribution in [1.82, 2.24) is 5.32 Å². The minimum atomic E-state index is -1.13. The third kappa shape index (κ3) is 11.4. The molecule has 0 aliphatic heterocycles. The Balaban J connectivity index is 3.35. The summed E-state index contributed by atoms with van der Waals surface area (Å²) in [6.07, 6.45) is 0.137. The number of carbonyl (C=O) groups excluding carboxylic acids is 2. The van der Waals surface area contributed by atoms with Crippen LogP contribution < -0.4 is 16.8 Å². The predicted molar refractivity (Wildman–Crippen MR) is 68.7 cm³/mol. The molecule has 0 aromatic carbocycles. The highest BCUT2D eigenvalue weighted by Gasteiger charge is 2.12. The topological polar surface area (TPSA) is 154 Å². The van der Waals surface area contributed by atoms with Gasteiger partial charge in [0, 0.05) is 13.0 Å². The number of ether oxygens (including phenoxy) is 2. The largest absolute Gasteiger partial charge is 0.480 e. The van der Waals surface area contributed by atoms with Gasteiger partial charge in [-0.25, -0.2) is 0 Å². The second-order valence-electron chi connectivity index (χ2n) is 3.96. The van der Waals surface area contributed by atoms with Gasteiger partial charge in [-0.2, -0.15) is 0 Å². The van der Waals surface area contributed by atoms with E-state index >= 15 is 0 Å². The summed E-state index contributed by atoms with van der Waals surface area (Å²) in [4.78, 5) is 32.0. The number of nitrogens with one attached hydrogen (secondary N) is 1. The Morgan fingerprint density at radius 3 is 2.40 bits per heavy atom. The smallest absolute Gasteiger partial charge is 0.320 e. The lowest BCUT2D eigenvalue weighted by atomic mass is 10.1. The van der Waals surface area contributed by atoms with E-state index in [-0.39, 0.29) is 45.2 Å². The van der Waals surface area contributed by atoms with Crippen LogP contribution in [0, 0.1) is 0 Å². The highest BCUT2D eigenvalue weighted by Crippen LogP contribution is 1.94. The second kappa shape index (κ2) is 11.1. The molecule has 0 saturated heterocycles. The van der Waals surface area contributed by atoms with Gasteiger partial charge in [0.25, 0.3) is 0 Å². The van der Waals surface area contributed by atoms with Gasteiger partial charge >= 0.3 is 5.97 Å². The van der Waals surface area contributed by atoms with Gasteiger partial charge in [0.15, 0.2) is 0 Å². The van der Waals surface area contributed by atoms with Gasteiger partial charge < -0.3 is 31.4 Å². The summed E-state index contributed by atoms with van der Waals surface area (Å²) < 4.78 is 9.97. The minimum Gasteiger partial charge on any atom is -0.480 e. The molecule has 2 amide bonds. The Labute approximate surface area is 116 Å². The summed E-state index contributed by atoms with van der Waals surface area (Å²) in [5.74, 6) is -1.95. The molecule has 0 rings (SSSR count). The van der Waals surface area contributed by atoms with E-state index in [4.69, 9.17) is 26.0 Å². The third-order valence-corrected chi connectivity index (χ3v) is 2.18. The Hall–Kier alpha value is -1.71. The SMILES string of the molecule is NC(=O)COCCOCCNC(=O)CC[C@H](N)C(=O)O. The molecular formula is C11H21N3O6. The van der Waals surface area contributed by atoms with Crippen molar-refractivity contribution in [1.29, 1.82) is 0 Å². The van der Waals surface area contributed by atoms with Gasteiger partial charge in [0.05, 0.1) is 19.8 Å². The van der Waals surface area contributed by atoms with Crippen molar-refractivity contribution in [2.24, 2.45) is 11.5 Å². The van der Waals surface area contributed by atoms with Gasteiger partial charge in [-0.3, -0.25) is 14.4 Å². The van der Waals surface area contributed by atoms with E-state index in [1.807, 2.05) is 0 Å². The fourth-order valence-electron chi connectivity index (χ4n) is 1.15. The zero-order valence-electron chi connectivity index (χ0n) is 11.2. The molecule has 9 heteroatoms. The molecular weight excluding hydrogens is 270 g/mol. The van der Waals surface area contributed by atoms with Crippen molar-refractivity contribution in [3.05, 3.63) is 0 Å². The van der Waals surface area contributed by atoms with Crippen LogP contribution in [0.5, 0.6) is 0 Å². The first-order chi connectivity index (χ1) is 9.43. The van der Waals surface area contributed by atoms with E-state index < -0.39 is 17.9 Å². The lowest BCUT2D eigenvalue weighted by Crippen LogP contribution is -2.33. The van der Waals surface area contributed by atoms with Crippen LogP contribution in [0.25, 0.3) is 0 Å². The molecule has 0 heterocycles. The van der Waals surface area contributed by atoms with E-state index in [0.717, 1.165) is 0 Å². The van der Waals surface area contributed by atoms with Crippen molar-refractivity contribution < 1.29 is 29.0 Å². The lowest BCUT2D eigenvalue weighted by molar-refractivity contribution is -0.138. The molecule has 0 radical (unpaired) electrons. The quantitative estimate of drug-likeness (QED) is 0.298. The fourth-order valence-corrected chi connectivity index (χ4v) is 1.15. The van der Waals surface area contributed by atoms with Crippen molar-refractivity contribution >= 4 is 17.8 Å². The van der Waals surface area contributed by atoms with E-state index in [1.54, 1.807) is 0 Å². The van der Waals surface area contributed by atoms with Gasteiger partial charge in [-0.1, -0.05) is 0 Å². The molecule has 1 atom stereocenters. The molecule has 0 unspecified atom stereocenters. The summed E-state index contributed by atoms with van der Waals surface area (Å²) in [5, 5.41) is 11.1. The zero-order valence-corrected chi connectivity index (χ0v) is 11.2. The van der Waals surface area contributed by atoms with Gasteiger partial charge in [-0.15, -0.1) is 0 Å². The molecule has 9 nitrogen and oxygen atoms in total. The van der Waals surface area contributed by atoms with Crippen LogP contribution in [0.15, 0.2) is 0 Å². The van der Waals surface area contributed by atoms with Crippen LogP contribution in [0.4, 0.5) is 0 Å². The fraction of sp³-hybridized carbons (Fsp3) is 0.727. The maximum absolute atomic E-state index is 11.3. The third-order valence-electron chi connectivity index (χ3n) is 2.18. The number of hydrogen-bond acceptors (Lipinski definition) is 6. The highest BCUT2D eigenvalue weighted by molar-refractivity contribution is 5.78. The van der Waals surface area contributed by atoms with Gasteiger partial charge in [0.2, 0.25) is 11.8 Å². The van der Waals surface area contributed by atoms with Gasteiger partial charge in [-0.05, 0) is 6.42 Å². The van der Waals surface area contributed by atoms with Crippen LogP contribution >= 0.6 is 0 Å². The molecule has 0 aromatic heterocycles. The van der Waals surface area contributed by atoms with Gasteiger partial charge in [0.1, 0.15) is 12.6 Å². The molecule has 0 saturated carbocycles. The maximum Gasteiger partial charge on any atom is 0.320 e. The summed E-state index contributed by atoms with van der Waals surface area (Å²) in [6.45, 7) is 0.967. The van der Waals surface area contributed by atoms with Crippen LogP contribution in [0.2, 0.25) is 0 Å². The van der Waals surface area contributed by atoms with E-state index in [2.05, 4.69) is 5.32 Å². The number of nitrogens with two attached hydrogens (primary N) is 2. The summed E-state index contributed by atoms with van der Waals surface area (Å²) in [5.41, 5.74) is 10.1. The highest BCUT2D eigenvalue weighted by atomic mass is 16.5. The molecule has 0 fully saturated rings. The Bertz CT molecular complexity index is 323. The number of primary amides is 1. The molecule has 0 bridgehead atoms. The van der Waals surface area contributed by atoms with Crippen molar-refractivity contribution in [2.45, 2.75) is 18.9 Å². The first-order valence-corrected chi connectivity index (χ1v) is 6.12. The Morgan fingerprint density at radius 1 is 1.15 bits per heavy atom. The summed E-state index contributed by atoms with van der Waals surface area (Å²) in [6, 6.07) is -1.03. The predicted octanol–water partition coefficient (Wildman–Crippen LogP) is -2.19. The minimum absolute atomic E-state index is 0.0508. The Kier molecular flexibility index (Phi) is 10.2. The maximum atomic E-state index is 11.3. The number of aliphatic carboxylic acids is 1. The molecule has 20 heavy (non-hydrogen) atoms. The number of amides is 2. The van der Waals surface area contributed by atoms with Crippen LogP contribution in [-0.4, -0.2) is 61.9 Å². The first kappa shape index (κ1) is 18.3. The number of carbonyl (C=O) groups is 3. The lowest BCUT2D eigenvalue weighted by Gasteiger charge is -2.08. The summed E-state index contributed by atoms with van der Waals surface area (Å²) in [7, 11) is 0. The van der Waals surface area contributed by atoms with E-state index in [1.165, 1.54) is 0 Å². The molecule has 0 aromatic rings. The van der Waals surface area contributed by atoms with Crippen LogP contribution in [0.3, 0.4) is 0 Å². The number of hydrogen-bond donors (Lipinski definition) is 4. The first-order valence-electron chi connectivity index (χ1n) is 6.12. The number of carboxylic acid groups (broad SMARTS) is 1. The van der Waals surface area contributed by atoms with Crippen molar-refractivity contribution in [2.75, 3.05) is 33.0 Å². The second-order valence-corrected chi connectivity index (χ2v) is 3.96. The average Bonchev–Trinajstić information content (AvgIpc) is 2.38. The average molecular weight is 291 g/mol. The number of rotatable bonds is 12. The standard InChI is InChI=1S/C11H21N3O6/c12-8(11(17)18)1-2-10(16)14-3-4-19-5-6-20-7-9(13)15/h8H,1-7,12H2,(H2,13,15)(H,14,16)(H,17,18)/t8-/m0/s1. The van der Waals surface area contributed by atoms with E-state index in [0.29, 0.717) is 6.54 Å².